The lowest BCUT2D eigenvalue weighted by Gasteiger charge is -2.15. The topological polar surface area (TPSA) is 84.9 Å². The number of imide groups is 1. The molecule has 196 valence electrons. The number of halogens is 2. The lowest BCUT2D eigenvalue weighted by molar-refractivity contribution is -0.127. The summed E-state index contributed by atoms with van der Waals surface area (Å²) in [6.07, 6.45) is 1.58. The number of aryl methyl sites for hydroxylation is 1. The van der Waals surface area contributed by atoms with Gasteiger partial charge < -0.3 is 14.8 Å². The summed E-state index contributed by atoms with van der Waals surface area (Å²) < 4.78 is 12.1. The number of nitrogens with zero attached hydrogens (tertiary/aromatic N) is 1. The van der Waals surface area contributed by atoms with Crippen molar-refractivity contribution in [1.82, 2.24) is 4.90 Å². The molecule has 1 heterocycles. The van der Waals surface area contributed by atoms with Crippen LogP contribution in [-0.2, 0) is 16.2 Å². The smallest absolute Gasteiger partial charge is 0.294 e. The molecule has 10 heteroatoms. The lowest BCUT2D eigenvalue weighted by Crippen LogP contribution is -2.36. The minimum Gasteiger partial charge on any atom is -0.493 e. The van der Waals surface area contributed by atoms with Gasteiger partial charge in [0, 0.05) is 16.3 Å². The van der Waals surface area contributed by atoms with Crippen molar-refractivity contribution in [2.75, 3.05) is 19.0 Å². The van der Waals surface area contributed by atoms with Crippen molar-refractivity contribution in [3.05, 3.63) is 91.3 Å². The minimum atomic E-state index is -0.537. The van der Waals surface area contributed by atoms with E-state index in [2.05, 4.69) is 21.2 Å². The first-order valence-corrected chi connectivity index (χ1v) is 13.5. The predicted octanol–water partition coefficient (Wildman–Crippen LogP) is 6.98. The van der Waals surface area contributed by atoms with Crippen molar-refractivity contribution in [2.24, 2.45) is 0 Å². The van der Waals surface area contributed by atoms with Crippen LogP contribution in [0.3, 0.4) is 0 Å². The Labute approximate surface area is 238 Å². The summed E-state index contributed by atoms with van der Waals surface area (Å²) in [7, 11) is 1.51. The van der Waals surface area contributed by atoms with Gasteiger partial charge in [-0.15, -0.1) is 0 Å². The van der Waals surface area contributed by atoms with Gasteiger partial charge in [0.05, 0.1) is 16.5 Å². The molecule has 0 aliphatic carbocycles. The van der Waals surface area contributed by atoms with Gasteiger partial charge >= 0.3 is 0 Å². The predicted molar refractivity (Wildman–Crippen MR) is 154 cm³/mol. The lowest BCUT2D eigenvalue weighted by atomic mass is 10.1. The van der Waals surface area contributed by atoms with Crippen LogP contribution in [0.25, 0.3) is 6.08 Å². The molecule has 3 amide bonds. The normalized spacial score (nSPS) is 14.2. The number of benzene rings is 3. The summed E-state index contributed by atoms with van der Waals surface area (Å²) in [5, 5.41) is 2.86. The number of methoxy groups -OCH3 is 1. The number of amides is 3. The zero-order valence-electron chi connectivity index (χ0n) is 20.8. The summed E-state index contributed by atoms with van der Waals surface area (Å²) in [5.41, 5.74) is 4.03. The number of nitrogens with one attached hydrogen (secondary N) is 1. The summed E-state index contributed by atoms with van der Waals surface area (Å²) in [6, 6.07) is 16.4. The van der Waals surface area contributed by atoms with Crippen molar-refractivity contribution in [3.63, 3.8) is 0 Å². The fourth-order valence-corrected chi connectivity index (χ4v) is 5.34. The molecule has 0 aromatic heterocycles. The number of carbonyl (C=O) groups excluding carboxylic acids is 3. The fourth-order valence-electron chi connectivity index (χ4n) is 3.74. The molecule has 1 aliphatic heterocycles. The first-order valence-electron chi connectivity index (χ1n) is 11.5. The second-order valence-corrected chi connectivity index (χ2v) is 10.7. The van der Waals surface area contributed by atoms with Gasteiger partial charge in [-0.3, -0.25) is 19.3 Å². The van der Waals surface area contributed by atoms with Crippen LogP contribution in [0, 0.1) is 13.8 Å². The molecule has 3 aromatic rings. The quantitative estimate of drug-likeness (QED) is 0.275. The second kappa shape index (κ2) is 12.1. The van der Waals surface area contributed by atoms with Gasteiger partial charge in [0.25, 0.3) is 11.1 Å². The third-order valence-electron chi connectivity index (χ3n) is 5.93. The maximum absolute atomic E-state index is 13.0. The molecule has 1 aliphatic rings. The Bertz CT molecular complexity index is 1460. The van der Waals surface area contributed by atoms with Crippen LogP contribution in [0.1, 0.15) is 22.3 Å². The largest absolute Gasteiger partial charge is 0.493 e. The standard InChI is InChI=1S/C28H24BrClN2O5S/c1-16-7-6-10-22(17(16)2)31-25(33)14-32-27(34)24(38-28(32)35)13-18-11-20(29)26(23(12-18)36-3)37-15-19-8-4-5-9-21(19)30/h4-13H,14-15H2,1-3H3,(H,31,33)/b24-13+. The van der Waals surface area contributed by atoms with E-state index < -0.39 is 17.1 Å². The zero-order chi connectivity index (χ0) is 27.4. The highest BCUT2D eigenvalue weighted by Crippen LogP contribution is 2.39. The van der Waals surface area contributed by atoms with E-state index in [1.54, 1.807) is 30.3 Å². The maximum Gasteiger partial charge on any atom is 0.294 e. The Morgan fingerprint density at radius 3 is 2.63 bits per heavy atom. The summed E-state index contributed by atoms with van der Waals surface area (Å²) in [4.78, 5) is 39.3. The highest BCUT2D eigenvalue weighted by Gasteiger charge is 2.36. The molecule has 0 bridgehead atoms. The van der Waals surface area contributed by atoms with Crippen LogP contribution in [0.4, 0.5) is 10.5 Å². The van der Waals surface area contributed by atoms with Crippen LogP contribution in [0.5, 0.6) is 11.5 Å². The molecule has 3 aromatic carbocycles. The van der Waals surface area contributed by atoms with E-state index in [0.717, 1.165) is 33.4 Å². The van der Waals surface area contributed by atoms with Crippen LogP contribution in [0.15, 0.2) is 64.0 Å². The van der Waals surface area contributed by atoms with Gasteiger partial charge in [-0.05, 0) is 88.6 Å². The van der Waals surface area contributed by atoms with Crippen LogP contribution in [0.2, 0.25) is 5.02 Å². The number of carbonyl (C=O) groups is 3. The van der Waals surface area contributed by atoms with E-state index >= 15 is 0 Å². The highest BCUT2D eigenvalue weighted by atomic mass is 79.9. The number of rotatable bonds is 8. The van der Waals surface area contributed by atoms with Gasteiger partial charge in [0.2, 0.25) is 5.91 Å². The van der Waals surface area contributed by atoms with E-state index in [4.69, 9.17) is 21.1 Å². The van der Waals surface area contributed by atoms with Crippen molar-refractivity contribution >= 4 is 68.1 Å². The number of hydrogen-bond acceptors (Lipinski definition) is 6. The van der Waals surface area contributed by atoms with E-state index in [1.807, 2.05) is 44.2 Å². The van der Waals surface area contributed by atoms with E-state index in [1.165, 1.54) is 7.11 Å². The summed E-state index contributed by atoms with van der Waals surface area (Å²) in [6.45, 7) is 3.69. The van der Waals surface area contributed by atoms with Gasteiger partial charge in [0.15, 0.2) is 11.5 Å². The molecule has 0 unspecified atom stereocenters. The first kappa shape index (κ1) is 27.8. The van der Waals surface area contributed by atoms with Crippen molar-refractivity contribution in [2.45, 2.75) is 20.5 Å². The molecular weight excluding hydrogens is 592 g/mol. The fraction of sp³-hybridized carbons (Fsp3) is 0.179. The number of anilines is 1. The molecule has 1 saturated heterocycles. The Hall–Kier alpha value is -3.27. The third kappa shape index (κ3) is 6.23. The van der Waals surface area contributed by atoms with Gasteiger partial charge in [-0.2, -0.15) is 0 Å². The monoisotopic (exact) mass is 614 g/mol. The van der Waals surface area contributed by atoms with Crippen molar-refractivity contribution in [1.29, 1.82) is 0 Å². The minimum absolute atomic E-state index is 0.202. The molecule has 0 radical (unpaired) electrons. The van der Waals surface area contributed by atoms with Crippen molar-refractivity contribution < 1.29 is 23.9 Å². The average molecular weight is 616 g/mol. The molecule has 38 heavy (non-hydrogen) atoms. The SMILES string of the molecule is COc1cc(/C=C2/SC(=O)N(CC(=O)Nc3cccc(C)c3C)C2=O)cc(Br)c1OCc1ccccc1Cl. The molecular formula is C28H24BrClN2O5S. The van der Waals surface area contributed by atoms with Crippen LogP contribution >= 0.6 is 39.3 Å². The summed E-state index contributed by atoms with van der Waals surface area (Å²) >= 11 is 10.5. The maximum atomic E-state index is 13.0. The molecule has 0 spiro atoms. The van der Waals surface area contributed by atoms with E-state index in [0.29, 0.717) is 32.2 Å². The van der Waals surface area contributed by atoms with Crippen LogP contribution in [-0.4, -0.2) is 35.6 Å². The highest BCUT2D eigenvalue weighted by molar-refractivity contribution is 9.10. The number of ether oxygens (including phenoxy) is 2. The summed E-state index contributed by atoms with van der Waals surface area (Å²) in [5.74, 6) is -0.0810. The van der Waals surface area contributed by atoms with E-state index in [9.17, 15) is 14.4 Å². The molecule has 7 nitrogen and oxygen atoms in total. The van der Waals surface area contributed by atoms with Crippen molar-refractivity contribution in [3.8, 4) is 11.5 Å². The molecule has 0 saturated carbocycles. The zero-order valence-corrected chi connectivity index (χ0v) is 24.0. The first-order chi connectivity index (χ1) is 18.2. The Kier molecular flexibility index (Phi) is 8.81. The van der Waals surface area contributed by atoms with Gasteiger partial charge in [-0.1, -0.05) is 41.9 Å². The Morgan fingerprint density at radius 1 is 1.13 bits per heavy atom. The molecule has 1 fully saturated rings. The van der Waals surface area contributed by atoms with E-state index in [-0.39, 0.29) is 18.1 Å². The van der Waals surface area contributed by atoms with Gasteiger partial charge in [-0.25, -0.2) is 0 Å². The number of hydrogen-bond donors (Lipinski definition) is 1. The molecule has 1 N–H and O–H groups in total. The second-order valence-electron chi connectivity index (χ2n) is 8.48. The Morgan fingerprint density at radius 2 is 1.89 bits per heavy atom. The third-order valence-corrected chi connectivity index (χ3v) is 7.80. The number of thioether (sulfide) groups is 1. The average Bonchev–Trinajstić information content (AvgIpc) is 3.14. The van der Waals surface area contributed by atoms with Gasteiger partial charge in [0.1, 0.15) is 13.2 Å². The van der Waals surface area contributed by atoms with Crippen LogP contribution < -0.4 is 14.8 Å². The molecule has 0 atom stereocenters. The Balaban J connectivity index is 1.48. The molecule has 4 rings (SSSR count).